The van der Waals surface area contributed by atoms with Crippen molar-refractivity contribution < 1.29 is 9.53 Å². The van der Waals surface area contributed by atoms with Crippen molar-refractivity contribution in [3.05, 3.63) is 139 Å². The lowest BCUT2D eigenvalue weighted by molar-refractivity contribution is -0.136. The van der Waals surface area contributed by atoms with E-state index in [4.69, 9.17) is 9.84 Å². The molecule has 0 spiro atoms. The van der Waals surface area contributed by atoms with Gasteiger partial charge in [0.15, 0.2) is 4.80 Å². The van der Waals surface area contributed by atoms with Crippen molar-refractivity contribution in [2.24, 2.45) is 4.99 Å². The fraction of sp³-hybridized carbons (Fsp3) is 0.125. The number of para-hydroxylation sites is 1. The second kappa shape index (κ2) is 10.4. The number of esters is 1. The van der Waals surface area contributed by atoms with Gasteiger partial charge in [0.2, 0.25) is 0 Å². The summed E-state index contributed by atoms with van der Waals surface area (Å²) in [5, 5.41) is 4.90. The zero-order chi connectivity index (χ0) is 27.8. The Morgan fingerprint density at radius 2 is 1.62 bits per heavy atom. The van der Waals surface area contributed by atoms with E-state index in [1.165, 1.54) is 18.4 Å². The molecule has 0 saturated carbocycles. The van der Waals surface area contributed by atoms with Crippen LogP contribution in [0.4, 0.5) is 0 Å². The topological polar surface area (TPSA) is 78.5 Å². The smallest absolute Gasteiger partial charge is 0.338 e. The molecule has 0 bridgehead atoms. The summed E-state index contributed by atoms with van der Waals surface area (Å²) in [6.45, 7) is 3.82. The Morgan fingerprint density at radius 3 is 2.30 bits per heavy atom. The van der Waals surface area contributed by atoms with E-state index in [1.54, 1.807) is 11.5 Å². The van der Waals surface area contributed by atoms with Crippen molar-refractivity contribution in [1.29, 1.82) is 0 Å². The molecule has 1 aliphatic heterocycles. The van der Waals surface area contributed by atoms with E-state index >= 15 is 0 Å². The van der Waals surface area contributed by atoms with Gasteiger partial charge in [-0.3, -0.25) is 9.36 Å². The average Bonchev–Trinajstić information content (AvgIpc) is 3.54. The Hall–Kier alpha value is -4.82. The number of allylic oxidation sites excluding steroid dienone is 1. The molecule has 40 heavy (non-hydrogen) atoms. The Kier molecular flexibility index (Phi) is 6.61. The summed E-state index contributed by atoms with van der Waals surface area (Å²) >= 11 is 1.30. The molecule has 1 unspecified atom stereocenters. The molecule has 5 aromatic rings. The molecule has 1 aliphatic rings. The molecule has 198 valence electrons. The maximum Gasteiger partial charge on any atom is 0.338 e. The molecule has 0 N–H and O–H groups in total. The largest absolute Gasteiger partial charge is 0.466 e. The summed E-state index contributed by atoms with van der Waals surface area (Å²) in [6, 6.07) is 26.9. The third-order valence-corrected chi connectivity index (χ3v) is 7.90. The fourth-order valence-corrected chi connectivity index (χ4v) is 5.96. The summed E-state index contributed by atoms with van der Waals surface area (Å²) in [7, 11) is 1.34. The van der Waals surface area contributed by atoms with E-state index in [0.29, 0.717) is 20.6 Å². The molecule has 7 nitrogen and oxygen atoms in total. The number of nitrogens with zero attached hydrogens (tertiary/aromatic N) is 4. The minimum atomic E-state index is -0.643. The zero-order valence-corrected chi connectivity index (χ0v) is 23.1. The maximum atomic E-state index is 14.0. The number of aryl methyl sites for hydroxylation is 1. The van der Waals surface area contributed by atoms with Crippen LogP contribution in [0.5, 0.6) is 0 Å². The third kappa shape index (κ3) is 4.52. The van der Waals surface area contributed by atoms with Gasteiger partial charge in [0.1, 0.15) is 0 Å². The van der Waals surface area contributed by atoms with Gasteiger partial charge < -0.3 is 4.74 Å². The number of aromatic nitrogens is 3. The molecule has 0 saturated heterocycles. The highest BCUT2D eigenvalue weighted by molar-refractivity contribution is 7.07. The molecular weight excluding hydrogens is 520 g/mol. The third-order valence-electron chi connectivity index (χ3n) is 6.92. The number of methoxy groups -OCH3 is 1. The number of carbonyl (C=O) groups excluding carboxylic acids is 1. The number of thiazole rings is 1. The van der Waals surface area contributed by atoms with Gasteiger partial charge in [0.05, 0.1) is 40.3 Å². The van der Waals surface area contributed by atoms with Crippen LogP contribution in [0.3, 0.4) is 0 Å². The Labute approximate surface area is 234 Å². The molecule has 0 amide bonds. The zero-order valence-electron chi connectivity index (χ0n) is 22.2. The van der Waals surface area contributed by atoms with Crippen LogP contribution in [0.1, 0.15) is 29.7 Å². The monoisotopic (exact) mass is 546 g/mol. The average molecular weight is 547 g/mol. The van der Waals surface area contributed by atoms with Gasteiger partial charge in [-0.15, -0.1) is 0 Å². The molecule has 1 atom stereocenters. The van der Waals surface area contributed by atoms with Crippen molar-refractivity contribution in [3.8, 4) is 16.9 Å². The molecular formula is C32H26N4O3S. The van der Waals surface area contributed by atoms with Gasteiger partial charge in [0, 0.05) is 17.3 Å². The van der Waals surface area contributed by atoms with Gasteiger partial charge in [0.25, 0.3) is 5.56 Å². The van der Waals surface area contributed by atoms with Crippen molar-refractivity contribution >= 4 is 23.4 Å². The number of hydrogen-bond acceptors (Lipinski definition) is 6. The number of fused-ring (bicyclic) bond motifs is 1. The van der Waals surface area contributed by atoms with Crippen LogP contribution in [0.15, 0.2) is 112 Å². The van der Waals surface area contributed by atoms with Gasteiger partial charge >= 0.3 is 5.97 Å². The highest BCUT2D eigenvalue weighted by Gasteiger charge is 2.33. The van der Waals surface area contributed by atoms with Crippen LogP contribution in [-0.4, -0.2) is 27.4 Å². The van der Waals surface area contributed by atoms with Crippen LogP contribution >= 0.6 is 11.3 Å². The van der Waals surface area contributed by atoms with Crippen molar-refractivity contribution in [2.45, 2.75) is 19.9 Å². The first-order valence-electron chi connectivity index (χ1n) is 12.8. The minimum absolute atomic E-state index is 0.228. The first kappa shape index (κ1) is 25.5. The number of carbonyl (C=O) groups is 1. The molecule has 8 heteroatoms. The van der Waals surface area contributed by atoms with Crippen LogP contribution in [0, 0.1) is 6.92 Å². The number of rotatable bonds is 5. The minimum Gasteiger partial charge on any atom is -0.466 e. The van der Waals surface area contributed by atoms with E-state index in [2.05, 4.69) is 4.99 Å². The maximum absolute atomic E-state index is 14.0. The lowest BCUT2D eigenvalue weighted by Crippen LogP contribution is -2.39. The molecule has 0 aliphatic carbocycles. The molecule has 3 heterocycles. The van der Waals surface area contributed by atoms with Crippen LogP contribution in [0.25, 0.3) is 23.0 Å². The lowest BCUT2D eigenvalue weighted by atomic mass is 9.96. The first-order valence-corrected chi connectivity index (χ1v) is 13.6. The van der Waals surface area contributed by atoms with Gasteiger partial charge in [-0.25, -0.2) is 14.5 Å². The number of hydrogen-bond donors (Lipinski definition) is 0. The summed E-state index contributed by atoms with van der Waals surface area (Å²) in [6.07, 6.45) is 3.80. The van der Waals surface area contributed by atoms with E-state index < -0.39 is 12.0 Å². The lowest BCUT2D eigenvalue weighted by Gasteiger charge is -2.24. The number of benzene rings is 3. The predicted molar refractivity (Wildman–Crippen MR) is 156 cm³/mol. The SMILES string of the molecule is COC(=O)C1=C(C)N=c2s/c(=C/c3cn(-c4ccccc4)nc3-c3ccc(C)cc3)c(=O)n2C1c1ccccc1. The van der Waals surface area contributed by atoms with Crippen LogP contribution in [-0.2, 0) is 9.53 Å². The van der Waals surface area contributed by atoms with E-state index in [1.807, 2.05) is 109 Å². The first-order chi connectivity index (χ1) is 19.4. The highest BCUT2D eigenvalue weighted by atomic mass is 32.1. The normalized spacial score (nSPS) is 15.1. The molecule has 2 aromatic heterocycles. The molecule has 0 radical (unpaired) electrons. The quantitative estimate of drug-likeness (QED) is 0.303. The number of ether oxygens (including phenoxy) is 1. The van der Waals surface area contributed by atoms with Gasteiger partial charge in [-0.2, -0.15) is 5.10 Å². The Morgan fingerprint density at radius 1 is 0.950 bits per heavy atom. The summed E-state index contributed by atoms with van der Waals surface area (Å²) in [5.74, 6) is -0.504. The fourth-order valence-electron chi connectivity index (χ4n) is 4.93. The van der Waals surface area contributed by atoms with E-state index in [-0.39, 0.29) is 5.56 Å². The van der Waals surface area contributed by atoms with Crippen LogP contribution < -0.4 is 14.9 Å². The van der Waals surface area contributed by atoms with Gasteiger partial charge in [-0.1, -0.05) is 89.7 Å². The van der Waals surface area contributed by atoms with E-state index in [9.17, 15) is 9.59 Å². The standard InChI is InChI=1S/C32H26N4O3S/c1-20-14-16-22(17-15-20)28-24(19-35(34-28)25-12-8-5-9-13-25)18-26-30(37)36-29(23-10-6-4-7-11-23)27(31(38)39-3)21(2)33-32(36)40-26/h4-19,29H,1-3H3/b26-18+. The summed E-state index contributed by atoms with van der Waals surface area (Å²) in [5.41, 5.74) is 6.05. The van der Waals surface area contributed by atoms with Crippen molar-refractivity contribution in [2.75, 3.05) is 7.11 Å². The second-order valence-corrected chi connectivity index (χ2v) is 10.6. The molecule has 6 rings (SSSR count). The Balaban J connectivity index is 1.57. The molecule has 3 aromatic carbocycles. The summed E-state index contributed by atoms with van der Waals surface area (Å²) < 4.78 is 9.02. The van der Waals surface area contributed by atoms with Crippen molar-refractivity contribution in [3.63, 3.8) is 0 Å². The second-order valence-electron chi connectivity index (χ2n) is 9.56. The predicted octanol–water partition coefficient (Wildman–Crippen LogP) is 4.57. The summed E-state index contributed by atoms with van der Waals surface area (Å²) in [4.78, 5) is 32.1. The van der Waals surface area contributed by atoms with Crippen molar-refractivity contribution in [1.82, 2.24) is 14.3 Å². The van der Waals surface area contributed by atoms with E-state index in [0.717, 1.165) is 33.6 Å². The van der Waals surface area contributed by atoms with Gasteiger partial charge in [-0.05, 0) is 37.6 Å². The highest BCUT2D eigenvalue weighted by Crippen LogP contribution is 2.30. The Bertz CT molecular complexity index is 1930. The molecule has 0 fully saturated rings. The van der Waals surface area contributed by atoms with Crippen LogP contribution in [0.2, 0.25) is 0 Å².